The van der Waals surface area contributed by atoms with Crippen LogP contribution in [0, 0.1) is 5.92 Å². The quantitative estimate of drug-likeness (QED) is 0.251. The SMILES string of the molecule is CCCCCCSc1nnc2c3c4c(sc3nc(SC)n12)CO[C@H](C(C)C)C4. The van der Waals surface area contributed by atoms with E-state index in [1.807, 2.05) is 0 Å². The number of thioether (sulfide) groups is 2. The number of hydrogen-bond donors (Lipinski definition) is 0. The molecule has 0 fully saturated rings. The molecule has 0 radical (unpaired) electrons. The van der Waals surface area contributed by atoms with E-state index in [9.17, 15) is 0 Å². The molecule has 28 heavy (non-hydrogen) atoms. The first-order valence-corrected chi connectivity index (χ1v) is 13.1. The molecule has 1 aliphatic heterocycles. The largest absolute Gasteiger partial charge is 0.372 e. The van der Waals surface area contributed by atoms with Crippen LogP contribution in [0.4, 0.5) is 0 Å². The molecule has 1 aliphatic rings. The highest BCUT2D eigenvalue weighted by Gasteiger charge is 2.28. The van der Waals surface area contributed by atoms with Crippen molar-refractivity contribution in [2.75, 3.05) is 12.0 Å². The van der Waals surface area contributed by atoms with Gasteiger partial charge in [0.05, 0.1) is 18.1 Å². The van der Waals surface area contributed by atoms with Crippen LogP contribution >= 0.6 is 34.9 Å². The van der Waals surface area contributed by atoms with Gasteiger partial charge in [-0.1, -0.05) is 63.6 Å². The molecule has 152 valence electrons. The zero-order chi connectivity index (χ0) is 19.7. The Kier molecular flexibility index (Phi) is 6.50. The number of hydrogen-bond acceptors (Lipinski definition) is 7. The van der Waals surface area contributed by atoms with Gasteiger partial charge in [0.1, 0.15) is 4.83 Å². The fourth-order valence-corrected chi connectivity index (χ4v) is 6.38. The van der Waals surface area contributed by atoms with E-state index in [4.69, 9.17) is 9.72 Å². The van der Waals surface area contributed by atoms with Crippen molar-refractivity contribution in [3.8, 4) is 0 Å². The van der Waals surface area contributed by atoms with E-state index >= 15 is 0 Å². The third-order valence-electron chi connectivity index (χ3n) is 5.31. The molecule has 4 rings (SSSR count). The van der Waals surface area contributed by atoms with Crippen LogP contribution in [0.1, 0.15) is 56.9 Å². The first-order valence-electron chi connectivity index (χ1n) is 10.1. The molecule has 0 saturated carbocycles. The minimum Gasteiger partial charge on any atom is -0.372 e. The number of rotatable bonds is 8. The van der Waals surface area contributed by atoms with E-state index in [2.05, 4.69) is 41.6 Å². The van der Waals surface area contributed by atoms with Crippen molar-refractivity contribution in [1.82, 2.24) is 19.6 Å². The highest BCUT2D eigenvalue weighted by molar-refractivity contribution is 7.99. The van der Waals surface area contributed by atoms with E-state index in [-0.39, 0.29) is 6.10 Å². The lowest BCUT2D eigenvalue weighted by atomic mass is 9.96. The van der Waals surface area contributed by atoms with Gasteiger partial charge < -0.3 is 4.74 Å². The average Bonchev–Trinajstić information content (AvgIpc) is 3.27. The highest BCUT2D eigenvalue weighted by Crippen LogP contribution is 2.40. The van der Waals surface area contributed by atoms with Crippen molar-refractivity contribution >= 4 is 50.7 Å². The summed E-state index contributed by atoms with van der Waals surface area (Å²) in [4.78, 5) is 7.36. The molecule has 0 saturated heterocycles. The molecular weight excluding hydrogens is 408 g/mol. The van der Waals surface area contributed by atoms with Crippen LogP contribution in [0.3, 0.4) is 0 Å². The maximum Gasteiger partial charge on any atom is 0.197 e. The average molecular weight is 437 g/mol. The van der Waals surface area contributed by atoms with Gasteiger partial charge in [-0.15, -0.1) is 21.5 Å². The minimum atomic E-state index is 0.265. The molecular formula is C20H28N4OS3. The Morgan fingerprint density at radius 3 is 2.82 bits per heavy atom. The van der Waals surface area contributed by atoms with Gasteiger partial charge in [-0.25, -0.2) is 9.38 Å². The third kappa shape index (κ3) is 3.80. The first-order chi connectivity index (χ1) is 13.6. The lowest BCUT2D eigenvalue weighted by Crippen LogP contribution is -2.26. The summed E-state index contributed by atoms with van der Waals surface area (Å²) in [5.41, 5.74) is 2.34. The Morgan fingerprint density at radius 2 is 2.07 bits per heavy atom. The van der Waals surface area contributed by atoms with Crippen LogP contribution in [0.15, 0.2) is 10.3 Å². The summed E-state index contributed by atoms with van der Waals surface area (Å²) in [6.45, 7) is 7.40. The van der Waals surface area contributed by atoms with Gasteiger partial charge in [0.2, 0.25) is 0 Å². The monoisotopic (exact) mass is 436 g/mol. The van der Waals surface area contributed by atoms with E-state index in [1.54, 1.807) is 34.9 Å². The third-order valence-corrected chi connectivity index (χ3v) is 8.06. The molecule has 0 aliphatic carbocycles. The molecule has 3 aromatic rings. The van der Waals surface area contributed by atoms with Crippen LogP contribution in [0.5, 0.6) is 0 Å². The molecule has 5 nitrogen and oxygen atoms in total. The predicted octanol–water partition coefficient (Wildman–Crippen LogP) is 5.83. The maximum absolute atomic E-state index is 6.09. The van der Waals surface area contributed by atoms with E-state index in [0.29, 0.717) is 12.5 Å². The van der Waals surface area contributed by atoms with Crippen LogP contribution in [0.2, 0.25) is 0 Å². The molecule has 4 heterocycles. The topological polar surface area (TPSA) is 52.3 Å². The van der Waals surface area contributed by atoms with Gasteiger partial charge in [0.25, 0.3) is 0 Å². The van der Waals surface area contributed by atoms with Crippen molar-refractivity contribution in [2.24, 2.45) is 5.92 Å². The Balaban J connectivity index is 1.73. The normalized spacial score (nSPS) is 17.1. The van der Waals surface area contributed by atoms with Crippen LogP contribution in [-0.2, 0) is 17.8 Å². The van der Waals surface area contributed by atoms with Gasteiger partial charge in [0.15, 0.2) is 16.0 Å². The number of fused-ring (bicyclic) bond motifs is 5. The molecule has 0 bridgehead atoms. The van der Waals surface area contributed by atoms with Crippen molar-refractivity contribution in [1.29, 1.82) is 0 Å². The Bertz CT molecular complexity index is 966. The van der Waals surface area contributed by atoms with Gasteiger partial charge in [-0.3, -0.25) is 0 Å². The molecule has 0 N–H and O–H groups in total. The van der Waals surface area contributed by atoms with Crippen molar-refractivity contribution < 1.29 is 4.74 Å². The molecule has 0 aromatic carbocycles. The van der Waals surface area contributed by atoms with Crippen molar-refractivity contribution in [3.63, 3.8) is 0 Å². The smallest absolute Gasteiger partial charge is 0.197 e. The Labute approximate surface area is 179 Å². The van der Waals surface area contributed by atoms with Gasteiger partial charge in [-0.05, 0) is 24.2 Å². The van der Waals surface area contributed by atoms with E-state index in [0.717, 1.165) is 33.0 Å². The second-order valence-corrected chi connectivity index (χ2v) is 10.5. The number of nitrogens with zero attached hydrogens (tertiary/aromatic N) is 4. The van der Waals surface area contributed by atoms with Crippen LogP contribution < -0.4 is 0 Å². The second-order valence-electron chi connectivity index (χ2n) is 7.63. The lowest BCUT2D eigenvalue weighted by Gasteiger charge is -2.26. The van der Waals surface area contributed by atoms with Crippen molar-refractivity contribution in [2.45, 2.75) is 75.9 Å². The standard InChI is InChI=1S/C20H28N4OS3/c1-5-6-7-8-9-27-20-23-22-17-16-13-10-14(12(2)3)25-11-15(13)28-18(16)21-19(26-4)24(17)20/h12,14H,5-11H2,1-4H3/t14-/m0/s1. The summed E-state index contributed by atoms with van der Waals surface area (Å²) >= 11 is 5.23. The maximum atomic E-state index is 6.09. The molecule has 3 aromatic heterocycles. The lowest BCUT2D eigenvalue weighted by molar-refractivity contribution is 0.00203. The number of unbranched alkanes of at least 4 members (excludes halogenated alkanes) is 3. The second kappa shape index (κ2) is 8.90. The molecule has 1 atom stereocenters. The predicted molar refractivity (Wildman–Crippen MR) is 120 cm³/mol. The summed E-state index contributed by atoms with van der Waals surface area (Å²) in [6, 6.07) is 0. The number of ether oxygens (including phenoxy) is 1. The Morgan fingerprint density at radius 1 is 1.21 bits per heavy atom. The van der Waals surface area contributed by atoms with E-state index < -0.39 is 0 Å². The molecule has 0 amide bonds. The zero-order valence-corrected chi connectivity index (χ0v) is 19.5. The van der Waals surface area contributed by atoms with Gasteiger partial charge >= 0.3 is 0 Å². The number of aromatic nitrogens is 4. The van der Waals surface area contributed by atoms with Gasteiger partial charge in [0, 0.05) is 17.1 Å². The van der Waals surface area contributed by atoms with Crippen molar-refractivity contribution in [3.05, 3.63) is 10.4 Å². The summed E-state index contributed by atoms with van der Waals surface area (Å²) in [5.74, 6) is 1.59. The molecule has 8 heteroatoms. The summed E-state index contributed by atoms with van der Waals surface area (Å²) in [7, 11) is 0. The van der Waals surface area contributed by atoms with Gasteiger partial charge in [-0.2, -0.15) is 0 Å². The Hall–Kier alpha value is -0.830. The fraction of sp³-hybridized carbons (Fsp3) is 0.650. The van der Waals surface area contributed by atoms with E-state index in [1.165, 1.54) is 41.5 Å². The highest BCUT2D eigenvalue weighted by atomic mass is 32.2. The molecule has 0 unspecified atom stereocenters. The zero-order valence-electron chi connectivity index (χ0n) is 17.0. The first kappa shape index (κ1) is 20.4. The summed E-state index contributed by atoms with van der Waals surface area (Å²) in [5, 5.41) is 12.3. The summed E-state index contributed by atoms with van der Waals surface area (Å²) in [6.07, 6.45) is 8.36. The fourth-order valence-electron chi connectivity index (χ4n) is 3.67. The molecule has 0 spiro atoms. The summed E-state index contributed by atoms with van der Waals surface area (Å²) < 4.78 is 8.26. The minimum absolute atomic E-state index is 0.265. The van der Waals surface area contributed by atoms with Crippen LogP contribution in [0.25, 0.3) is 15.9 Å². The number of thiophene rings is 1. The van der Waals surface area contributed by atoms with Crippen LogP contribution in [-0.4, -0.2) is 37.7 Å².